The number of hydrogen-bond donors (Lipinski definition) is 1. The normalized spacial score (nSPS) is 23.5. The van der Waals surface area contributed by atoms with Gasteiger partial charge in [-0.15, -0.1) is 0 Å². The summed E-state index contributed by atoms with van der Waals surface area (Å²) in [5.41, 5.74) is 0.359. The molecule has 1 aromatic carbocycles. The molecular weight excluding hydrogens is 492 g/mol. The van der Waals surface area contributed by atoms with Crippen LogP contribution in [0.15, 0.2) is 17.0 Å². The van der Waals surface area contributed by atoms with E-state index in [0.717, 1.165) is 26.2 Å². The zero-order chi connectivity index (χ0) is 24.6. The molecule has 4 aliphatic rings. The third-order valence-electron chi connectivity index (χ3n) is 7.80. The van der Waals surface area contributed by atoms with Crippen LogP contribution in [0.2, 0.25) is 5.02 Å². The number of nitrogens with zero attached hydrogens (tertiary/aromatic N) is 3. The average Bonchev–Trinajstić information content (AvgIpc) is 2.88. The second kappa shape index (κ2) is 10.2. The number of halogens is 1. The van der Waals surface area contributed by atoms with Gasteiger partial charge in [0.1, 0.15) is 10.6 Å². The zero-order valence-corrected chi connectivity index (χ0v) is 21.5. The van der Waals surface area contributed by atoms with Crippen LogP contribution in [0, 0.1) is 5.92 Å². The molecular formula is C24H33ClN4O5S. The predicted molar refractivity (Wildman–Crippen MR) is 132 cm³/mol. The number of piperazine rings is 1. The van der Waals surface area contributed by atoms with Gasteiger partial charge in [-0.2, -0.15) is 4.31 Å². The lowest BCUT2D eigenvalue weighted by Crippen LogP contribution is -2.54. The number of hydrogen-bond acceptors (Lipinski definition) is 6. The van der Waals surface area contributed by atoms with E-state index in [1.54, 1.807) is 0 Å². The van der Waals surface area contributed by atoms with Crippen LogP contribution in [-0.4, -0.2) is 86.3 Å². The molecule has 35 heavy (non-hydrogen) atoms. The number of carbonyl (C=O) groups excluding carboxylic acids is 2. The number of anilines is 1. The second-order valence-corrected chi connectivity index (χ2v) is 12.3. The van der Waals surface area contributed by atoms with Gasteiger partial charge in [0.25, 0.3) is 5.91 Å². The summed E-state index contributed by atoms with van der Waals surface area (Å²) >= 11 is 6.28. The van der Waals surface area contributed by atoms with Crippen LogP contribution in [0.1, 0.15) is 44.9 Å². The van der Waals surface area contributed by atoms with Gasteiger partial charge in [0.2, 0.25) is 15.9 Å². The summed E-state index contributed by atoms with van der Waals surface area (Å²) in [7, 11) is -3.86. The number of rotatable bonds is 4. The molecule has 1 aliphatic carbocycles. The molecule has 0 aromatic heterocycles. The molecule has 5 rings (SSSR count). The smallest absolute Gasteiger partial charge is 0.262 e. The number of amides is 2. The summed E-state index contributed by atoms with van der Waals surface area (Å²) in [6.07, 6.45) is 7.50. The Morgan fingerprint density at radius 3 is 2.34 bits per heavy atom. The lowest BCUT2D eigenvalue weighted by molar-refractivity contribution is -0.139. The number of fused-ring (bicyclic) bond motifs is 1. The zero-order valence-electron chi connectivity index (χ0n) is 19.9. The van der Waals surface area contributed by atoms with Crippen molar-refractivity contribution in [3.05, 3.63) is 17.2 Å². The quantitative estimate of drug-likeness (QED) is 0.650. The molecule has 2 amide bonds. The summed E-state index contributed by atoms with van der Waals surface area (Å²) < 4.78 is 33.4. The molecule has 192 valence electrons. The highest BCUT2D eigenvalue weighted by atomic mass is 35.5. The highest BCUT2D eigenvalue weighted by Crippen LogP contribution is 2.37. The van der Waals surface area contributed by atoms with Crippen LogP contribution in [0.25, 0.3) is 0 Å². The molecule has 0 spiro atoms. The number of benzene rings is 1. The van der Waals surface area contributed by atoms with E-state index < -0.39 is 10.0 Å². The monoisotopic (exact) mass is 524 g/mol. The highest BCUT2D eigenvalue weighted by Gasteiger charge is 2.36. The minimum atomic E-state index is -3.86. The fraction of sp³-hybridized carbons (Fsp3) is 0.667. The standard InChI is InChI=1S/C24H33ClN4O5S/c25-19-14-20-21(34-16-23(30)26-20)15-22(19)35(32,33)29-8-6-17(7-9-29)24(31)28-12-10-27(11-13-28)18-4-2-1-3-5-18/h14-15,17-18H,1-13,16H2,(H,26,30). The molecule has 9 nitrogen and oxygen atoms in total. The fourth-order valence-electron chi connectivity index (χ4n) is 5.77. The maximum atomic E-state index is 13.3. The van der Waals surface area contributed by atoms with Gasteiger partial charge < -0.3 is 15.0 Å². The van der Waals surface area contributed by atoms with Gasteiger partial charge in [-0.25, -0.2) is 8.42 Å². The number of ether oxygens (including phenoxy) is 1. The van der Waals surface area contributed by atoms with E-state index in [0.29, 0.717) is 24.6 Å². The first-order chi connectivity index (χ1) is 16.8. The molecule has 3 fully saturated rings. The van der Waals surface area contributed by atoms with Crippen molar-refractivity contribution in [1.29, 1.82) is 0 Å². The molecule has 0 atom stereocenters. The third kappa shape index (κ3) is 5.16. The maximum Gasteiger partial charge on any atom is 0.262 e. The van der Waals surface area contributed by atoms with Crippen LogP contribution in [0.4, 0.5) is 5.69 Å². The molecule has 1 N–H and O–H groups in total. The van der Waals surface area contributed by atoms with E-state index in [-0.39, 0.29) is 53.1 Å². The first-order valence-corrected chi connectivity index (χ1v) is 14.4. The third-order valence-corrected chi connectivity index (χ3v) is 10.2. The Bertz CT molecular complexity index is 1080. The van der Waals surface area contributed by atoms with Gasteiger partial charge in [-0.1, -0.05) is 30.9 Å². The van der Waals surface area contributed by atoms with Crippen molar-refractivity contribution in [3.8, 4) is 5.75 Å². The van der Waals surface area contributed by atoms with Gasteiger partial charge in [0, 0.05) is 57.3 Å². The molecule has 2 saturated heterocycles. The largest absolute Gasteiger partial charge is 0.482 e. The molecule has 0 radical (unpaired) electrons. The SMILES string of the molecule is O=C1COc2cc(S(=O)(=O)N3CCC(C(=O)N4CCN(C5CCCCC5)CC4)CC3)c(Cl)cc2N1. The van der Waals surface area contributed by atoms with E-state index in [9.17, 15) is 18.0 Å². The van der Waals surface area contributed by atoms with Crippen molar-refractivity contribution < 1.29 is 22.7 Å². The lowest BCUT2D eigenvalue weighted by atomic mass is 9.93. The molecule has 3 heterocycles. The Kier molecular flexibility index (Phi) is 7.25. The first kappa shape index (κ1) is 24.8. The Balaban J connectivity index is 1.17. The average molecular weight is 525 g/mol. The van der Waals surface area contributed by atoms with E-state index in [2.05, 4.69) is 10.2 Å². The molecule has 1 saturated carbocycles. The van der Waals surface area contributed by atoms with Crippen LogP contribution >= 0.6 is 11.6 Å². The molecule has 0 bridgehead atoms. The number of sulfonamides is 1. The fourth-order valence-corrected chi connectivity index (χ4v) is 7.76. The van der Waals surface area contributed by atoms with Crippen LogP contribution in [0.5, 0.6) is 5.75 Å². The molecule has 11 heteroatoms. The van der Waals surface area contributed by atoms with Crippen molar-refractivity contribution in [2.24, 2.45) is 5.92 Å². The first-order valence-electron chi connectivity index (χ1n) is 12.6. The summed E-state index contributed by atoms with van der Waals surface area (Å²) in [5, 5.41) is 2.66. The Labute approximate surface area is 211 Å². The van der Waals surface area contributed by atoms with Crippen molar-refractivity contribution in [1.82, 2.24) is 14.1 Å². The van der Waals surface area contributed by atoms with Crippen molar-refractivity contribution in [3.63, 3.8) is 0 Å². The lowest BCUT2D eigenvalue weighted by Gasteiger charge is -2.42. The van der Waals surface area contributed by atoms with Crippen LogP contribution in [-0.2, 0) is 19.6 Å². The summed E-state index contributed by atoms with van der Waals surface area (Å²) in [4.78, 5) is 29.2. The van der Waals surface area contributed by atoms with Gasteiger partial charge in [0.05, 0.1) is 10.7 Å². The Hall–Kier alpha value is -1.88. The number of piperidine rings is 1. The highest BCUT2D eigenvalue weighted by molar-refractivity contribution is 7.89. The van der Waals surface area contributed by atoms with Crippen molar-refractivity contribution >= 4 is 39.1 Å². The predicted octanol–water partition coefficient (Wildman–Crippen LogP) is 2.55. The minimum absolute atomic E-state index is 0.0311. The van der Waals surface area contributed by atoms with E-state index in [4.69, 9.17) is 16.3 Å². The minimum Gasteiger partial charge on any atom is -0.482 e. The second-order valence-electron chi connectivity index (χ2n) is 9.95. The number of nitrogens with one attached hydrogen (secondary N) is 1. The Morgan fingerprint density at radius 2 is 1.66 bits per heavy atom. The number of carbonyl (C=O) groups is 2. The maximum absolute atomic E-state index is 13.3. The van der Waals surface area contributed by atoms with Crippen LogP contribution < -0.4 is 10.1 Å². The molecule has 0 unspecified atom stereocenters. The van der Waals surface area contributed by atoms with Crippen molar-refractivity contribution in [2.75, 3.05) is 51.2 Å². The van der Waals surface area contributed by atoms with Crippen LogP contribution in [0.3, 0.4) is 0 Å². The summed E-state index contributed by atoms with van der Waals surface area (Å²) in [6.45, 7) is 3.75. The summed E-state index contributed by atoms with van der Waals surface area (Å²) in [6, 6.07) is 3.45. The van der Waals surface area contributed by atoms with Gasteiger partial charge >= 0.3 is 0 Å². The summed E-state index contributed by atoms with van der Waals surface area (Å²) in [5.74, 6) is -0.0298. The van der Waals surface area contributed by atoms with E-state index in [1.165, 1.54) is 48.5 Å². The van der Waals surface area contributed by atoms with Gasteiger partial charge in [-0.3, -0.25) is 14.5 Å². The molecule has 1 aromatic rings. The Morgan fingerprint density at radius 1 is 0.971 bits per heavy atom. The molecule has 3 aliphatic heterocycles. The van der Waals surface area contributed by atoms with E-state index >= 15 is 0 Å². The van der Waals surface area contributed by atoms with Gasteiger partial charge in [0.15, 0.2) is 6.61 Å². The van der Waals surface area contributed by atoms with Gasteiger partial charge in [-0.05, 0) is 31.7 Å². The topological polar surface area (TPSA) is 99.3 Å². The van der Waals surface area contributed by atoms with E-state index in [1.807, 2.05) is 4.90 Å². The van der Waals surface area contributed by atoms with Crippen molar-refractivity contribution in [2.45, 2.75) is 55.9 Å².